The normalized spacial score (nSPS) is 10.2. The average Bonchev–Trinajstić information content (AvgIpc) is 2.38. The first-order valence-corrected chi connectivity index (χ1v) is 5.26. The average molecular weight is 251 g/mol. The fourth-order valence-electron chi connectivity index (χ4n) is 1.41. The first-order chi connectivity index (χ1) is 8.70. The Morgan fingerprint density at radius 1 is 1.17 bits per heavy atom. The maximum atomic E-state index is 13.3. The Kier molecular flexibility index (Phi) is 3.72. The Labute approximate surface area is 103 Å². The summed E-state index contributed by atoms with van der Waals surface area (Å²) in [5.41, 5.74) is -0.123. The quantitative estimate of drug-likeness (QED) is 0.837. The molecule has 1 aromatic heterocycles. The van der Waals surface area contributed by atoms with Crippen molar-refractivity contribution >= 4 is 0 Å². The van der Waals surface area contributed by atoms with Crippen LogP contribution in [0.4, 0.5) is 8.78 Å². The van der Waals surface area contributed by atoms with Crippen LogP contribution in [-0.2, 0) is 6.61 Å². The Balaban J connectivity index is 2.11. The van der Waals surface area contributed by atoms with Crippen molar-refractivity contribution in [3.63, 3.8) is 0 Å². The fourth-order valence-corrected chi connectivity index (χ4v) is 1.41. The van der Waals surface area contributed by atoms with Gasteiger partial charge in [0.15, 0.2) is 0 Å². The maximum absolute atomic E-state index is 13.3. The second-order valence-corrected chi connectivity index (χ2v) is 3.52. The molecule has 0 radical (unpaired) electrons. The van der Waals surface area contributed by atoms with E-state index in [0.717, 1.165) is 0 Å². The largest absolute Gasteiger partial charge is 0.497 e. The summed E-state index contributed by atoms with van der Waals surface area (Å²) < 4.78 is 36.9. The highest BCUT2D eigenvalue weighted by atomic mass is 19.1. The van der Waals surface area contributed by atoms with E-state index in [4.69, 9.17) is 9.47 Å². The lowest BCUT2D eigenvalue weighted by atomic mass is 10.2. The summed E-state index contributed by atoms with van der Waals surface area (Å²) in [6.07, 6.45) is 1.49. The molecule has 1 aromatic carbocycles. The Morgan fingerprint density at radius 3 is 2.56 bits per heavy atom. The van der Waals surface area contributed by atoms with Crippen LogP contribution < -0.4 is 9.47 Å². The highest BCUT2D eigenvalue weighted by Crippen LogP contribution is 2.18. The molecule has 0 bridgehead atoms. The first kappa shape index (κ1) is 12.3. The van der Waals surface area contributed by atoms with Gasteiger partial charge in [-0.05, 0) is 18.2 Å². The van der Waals surface area contributed by atoms with Gasteiger partial charge in [-0.25, -0.2) is 13.8 Å². The molecule has 5 heteroatoms. The van der Waals surface area contributed by atoms with Crippen molar-refractivity contribution in [2.75, 3.05) is 7.11 Å². The van der Waals surface area contributed by atoms with Crippen molar-refractivity contribution in [2.24, 2.45) is 0 Å². The molecular weight excluding hydrogens is 240 g/mol. The third-order valence-electron chi connectivity index (χ3n) is 2.37. The van der Waals surface area contributed by atoms with Gasteiger partial charge in [0, 0.05) is 12.3 Å². The van der Waals surface area contributed by atoms with E-state index in [-0.39, 0.29) is 18.1 Å². The van der Waals surface area contributed by atoms with Gasteiger partial charge >= 0.3 is 0 Å². The second-order valence-electron chi connectivity index (χ2n) is 3.52. The molecule has 0 N–H and O–H groups in total. The molecule has 2 aromatic rings. The zero-order valence-corrected chi connectivity index (χ0v) is 9.69. The van der Waals surface area contributed by atoms with Gasteiger partial charge in [-0.1, -0.05) is 6.07 Å². The number of aromatic nitrogens is 1. The van der Waals surface area contributed by atoms with Gasteiger partial charge in [0.05, 0.1) is 12.7 Å². The van der Waals surface area contributed by atoms with E-state index in [2.05, 4.69) is 4.98 Å². The number of halogens is 2. The minimum atomic E-state index is -0.641. The van der Waals surface area contributed by atoms with Crippen LogP contribution in [0.25, 0.3) is 0 Å². The third kappa shape index (κ3) is 2.74. The molecule has 3 nitrogen and oxygen atoms in total. The molecule has 0 amide bonds. The number of ether oxygens (including phenoxy) is 2. The second kappa shape index (κ2) is 5.44. The highest BCUT2D eigenvalue weighted by molar-refractivity contribution is 5.26. The zero-order chi connectivity index (χ0) is 13.0. The van der Waals surface area contributed by atoms with E-state index in [1.54, 1.807) is 12.1 Å². The minimum Gasteiger partial charge on any atom is -0.497 e. The SMILES string of the molecule is COc1ccnc(OCc2c(F)cccc2F)c1. The van der Waals surface area contributed by atoms with Crippen LogP contribution in [0.1, 0.15) is 5.56 Å². The lowest BCUT2D eigenvalue weighted by Crippen LogP contribution is -2.02. The number of hydrogen-bond donors (Lipinski definition) is 0. The van der Waals surface area contributed by atoms with Crippen LogP contribution in [-0.4, -0.2) is 12.1 Å². The third-order valence-corrected chi connectivity index (χ3v) is 2.37. The van der Waals surface area contributed by atoms with Crippen molar-refractivity contribution in [1.82, 2.24) is 4.98 Å². The van der Waals surface area contributed by atoms with E-state index in [0.29, 0.717) is 5.75 Å². The van der Waals surface area contributed by atoms with Gasteiger partial charge in [-0.2, -0.15) is 0 Å². The summed E-state index contributed by atoms with van der Waals surface area (Å²) in [6, 6.07) is 6.86. The van der Waals surface area contributed by atoms with Crippen LogP contribution in [0.5, 0.6) is 11.6 Å². The van der Waals surface area contributed by atoms with Crippen molar-refractivity contribution in [3.05, 3.63) is 53.7 Å². The van der Waals surface area contributed by atoms with E-state index in [9.17, 15) is 8.78 Å². The Morgan fingerprint density at radius 2 is 1.89 bits per heavy atom. The predicted molar refractivity (Wildman–Crippen MR) is 61.5 cm³/mol. The molecule has 0 unspecified atom stereocenters. The molecule has 0 aliphatic heterocycles. The number of methoxy groups -OCH3 is 1. The first-order valence-electron chi connectivity index (χ1n) is 5.26. The molecular formula is C13H11F2NO2. The highest BCUT2D eigenvalue weighted by Gasteiger charge is 2.09. The lowest BCUT2D eigenvalue weighted by molar-refractivity contribution is 0.279. The van der Waals surface area contributed by atoms with Gasteiger partial charge in [-0.15, -0.1) is 0 Å². The number of rotatable bonds is 4. The monoisotopic (exact) mass is 251 g/mol. The molecule has 18 heavy (non-hydrogen) atoms. The van der Waals surface area contributed by atoms with Gasteiger partial charge in [0.25, 0.3) is 0 Å². The van der Waals surface area contributed by atoms with Crippen LogP contribution in [0.2, 0.25) is 0 Å². The molecule has 0 spiro atoms. The van der Waals surface area contributed by atoms with E-state index in [1.807, 2.05) is 0 Å². The van der Waals surface area contributed by atoms with Crippen LogP contribution >= 0.6 is 0 Å². The minimum absolute atomic E-state index is 0.123. The van der Waals surface area contributed by atoms with E-state index in [1.165, 1.54) is 31.5 Å². The molecule has 94 valence electrons. The summed E-state index contributed by atoms with van der Waals surface area (Å²) in [7, 11) is 1.51. The van der Waals surface area contributed by atoms with Crippen molar-refractivity contribution in [2.45, 2.75) is 6.61 Å². The van der Waals surface area contributed by atoms with Crippen LogP contribution in [0.3, 0.4) is 0 Å². The number of pyridine rings is 1. The molecule has 0 saturated carbocycles. The molecule has 0 aliphatic carbocycles. The Hall–Kier alpha value is -2.17. The lowest BCUT2D eigenvalue weighted by Gasteiger charge is -2.08. The standard InChI is InChI=1S/C13H11F2NO2/c1-17-9-5-6-16-13(7-9)18-8-10-11(14)3-2-4-12(10)15/h2-7H,8H2,1H3. The molecule has 2 rings (SSSR count). The van der Waals surface area contributed by atoms with Gasteiger partial charge < -0.3 is 9.47 Å². The number of benzene rings is 1. The molecule has 0 fully saturated rings. The van der Waals surface area contributed by atoms with E-state index >= 15 is 0 Å². The van der Waals surface area contributed by atoms with Crippen molar-refractivity contribution in [3.8, 4) is 11.6 Å². The van der Waals surface area contributed by atoms with Crippen molar-refractivity contribution < 1.29 is 18.3 Å². The summed E-state index contributed by atoms with van der Waals surface area (Å²) >= 11 is 0. The van der Waals surface area contributed by atoms with Crippen LogP contribution in [0, 0.1) is 11.6 Å². The number of nitrogens with zero attached hydrogens (tertiary/aromatic N) is 1. The van der Waals surface area contributed by atoms with Crippen molar-refractivity contribution in [1.29, 1.82) is 0 Å². The molecule has 1 heterocycles. The topological polar surface area (TPSA) is 31.4 Å². The van der Waals surface area contributed by atoms with Crippen LogP contribution in [0.15, 0.2) is 36.5 Å². The zero-order valence-electron chi connectivity index (χ0n) is 9.69. The van der Waals surface area contributed by atoms with Gasteiger partial charge in [-0.3, -0.25) is 0 Å². The molecule has 0 saturated heterocycles. The summed E-state index contributed by atoms with van der Waals surface area (Å²) in [5, 5.41) is 0. The summed E-state index contributed by atoms with van der Waals surface area (Å²) in [4.78, 5) is 3.91. The Bertz CT molecular complexity index is 526. The smallest absolute Gasteiger partial charge is 0.217 e. The van der Waals surface area contributed by atoms with Gasteiger partial charge in [0.2, 0.25) is 5.88 Å². The maximum Gasteiger partial charge on any atom is 0.217 e. The summed E-state index contributed by atoms with van der Waals surface area (Å²) in [6.45, 7) is -0.224. The van der Waals surface area contributed by atoms with E-state index < -0.39 is 11.6 Å². The number of hydrogen-bond acceptors (Lipinski definition) is 3. The molecule has 0 aliphatic rings. The fraction of sp³-hybridized carbons (Fsp3) is 0.154. The summed E-state index contributed by atoms with van der Waals surface area (Å²) in [5.74, 6) is -0.471. The molecule has 0 atom stereocenters. The predicted octanol–water partition coefficient (Wildman–Crippen LogP) is 2.95. The van der Waals surface area contributed by atoms with Gasteiger partial charge in [0.1, 0.15) is 24.0 Å².